The molecule has 0 spiro atoms. The van der Waals surface area contributed by atoms with E-state index in [2.05, 4.69) is 4.72 Å². The molecule has 0 aromatic carbocycles. The van der Waals surface area contributed by atoms with Gasteiger partial charge in [-0.1, -0.05) is 6.07 Å². The van der Waals surface area contributed by atoms with Crippen LogP contribution in [0.5, 0.6) is 0 Å². The highest BCUT2D eigenvalue weighted by Gasteiger charge is 2.22. The molecule has 2 N–H and O–H groups in total. The molecule has 110 valence electrons. The SMILES string of the molecule is Cc1sc(CO)cc1S(=O)(=O)NC(C)Cc1cccs1. The third kappa shape index (κ3) is 3.67. The van der Waals surface area contributed by atoms with Gasteiger partial charge in [0.1, 0.15) is 0 Å². The molecule has 0 aliphatic rings. The molecule has 2 aromatic heterocycles. The van der Waals surface area contributed by atoms with Crippen LogP contribution in [0.1, 0.15) is 21.6 Å². The molecule has 1 unspecified atom stereocenters. The Balaban J connectivity index is 2.12. The zero-order valence-electron chi connectivity index (χ0n) is 11.3. The molecule has 0 fully saturated rings. The zero-order chi connectivity index (χ0) is 14.8. The lowest BCUT2D eigenvalue weighted by atomic mass is 10.2. The minimum atomic E-state index is -3.53. The quantitative estimate of drug-likeness (QED) is 0.855. The second-order valence-corrected chi connectivity index (χ2v) is 8.65. The van der Waals surface area contributed by atoms with Gasteiger partial charge in [0.05, 0.1) is 11.5 Å². The fourth-order valence-corrected chi connectivity index (χ4v) is 5.54. The number of hydrogen-bond acceptors (Lipinski definition) is 5. The van der Waals surface area contributed by atoms with Crippen molar-refractivity contribution in [2.45, 2.75) is 37.8 Å². The molecule has 4 nitrogen and oxygen atoms in total. The molecule has 7 heteroatoms. The summed E-state index contributed by atoms with van der Waals surface area (Å²) in [6.07, 6.45) is 0.674. The van der Waals surface area contributed by atoms with Crippen LogP contribution in [-0.2, 0) is 23.1 Å². The zero-order valence-corrected chi connectivity index (χ0v) is 13.7. The van der Waals surface area contributed by atoms with Crippen LogP contribution in [0, 0.1) is 6.92 Å². The summed E-state index contributed by atoms with van der Waals surface area (Å²) in [5.74, 6) is 0. The van der Waals surface area contributed by atoms with Gasteiger partial charge in [-0.25, -0.2) is 13.1 Å². The molecule has 0 radical (unpaired) electrons. The van der Waals surface area contributed by atoms with E-state index in [0.717, 1.165) is 4.88 Å². The van der Waals surface area contributed by atoms with Crippen LogP contribution in [0.2, 0.25) is 0 Å². The van der Waals surface area contributed by atoms with Crippen molar-refractivity contribution in [3.05, 3.63) is 38.2 Å². The first-order chi connectivity index (χ1) is 9.42. The summed E-state index contributed by atoms with van der Waals surface area (Å²) in [7, 11) is -3.53. The highest BCUT2D eigenvalue weighted by Crippen LogP contribution is 2.26. The highest BCUT2D eigenvalue weighted by molar-refractivity contribution is 7.89. The molecule has 0 saturated heterocycles. The molecule has 0 aliphatic heterocycles. The summed E-state index contributed by atoms with van der Waals surface area (Å²) >= 11 is 2.92. The van der Waals surface area contributed by atoms with Crippen molar-refractivity contribution >= 4 is 32.7 Å². The van der Waals surface area contributed by atoms with E-state index in [4.69, 9.17) is 5.11 Å². The van der Waals surface area contributed by atoms with Crippen LogP contribution in [0.4, 0.5) is 0 Å². The number of sulfonamides is 1. The van der Waals surface area contributed by atoms with Gasteiger partial charge in [-0.3, -0.25) is 0 Å². The van der Waals surface area contributed by atoms with Crippen molar-refractivity contribution in [1.29, 1.82) is 0 Å². The van der Waals surface area contributed by atoms with Crippen molar-refractivity contribution in [3.8, 4) is 0 Å². The van der Waals surface area contributed by atoms with E-state index in [9.17, 15) is 8.42 Å². The number of rotatable bonds is 6. The minimum Gasteiger partial charge on any atom is -0.391 e. The molecule has 20 heavy (non-hydrogen) atoms. The van der Waals surface area contributed by atoms with Gasteiger partial charge in [-0.15, -0.1) is 22.7 Å². The average Bonchev–Trinajstić information content (AvgIpc) is 2.97. The summed E-state index contributed by atoms with van der Waals surface area (Å²) in [5, 5.41) is 11.1. The summed E-state index contributed by atoms with van der Waals surface area (Å²) in [4.78, 5) is 2.78. The van der Waals surface area contributed by atoms with E-state index in [1.54, 1.807) is 24.3 Å². The smallest absolute Gasteiger partial charge is 0.241 e. The fourth-order valence-electron chi connectivity index (χ4n) is 1.97. The second-order valence-electron chi connectivity index (χ2n) is 4.60. The first-order valence-corrected chi connectivity index (χ1v) is 9.35. The summed E-state index contributed by atoms with van der Waals surface area (Å²) in [6.45, 7) is 3.47. The third-order valence-electron chi connectivity index (χ3n) is 2.81. The fraction of sp³-hybridized carbons (Fsp3) is 0.385. The Hall–Kier alpha value is -0.730. The van der Waals surface area contributed by atoms with Gasteiger partial charge in [-0.2, -0.15) is 0 Å². The maximum atomic E-state index is 12.3. The number of aliphatic hydroxyl groups is 1. The Kier molecular flexibility index (Phi) is 4.98. The second kappa shape index (κ2) is 6.36. The number of thiophene rings is 2. The van der Waals surface area contributed by atoms with E-state index in [1.165, 1.54) is 11.3 Å². The van der Waals surface area contributed by atoms with Crippen LogP contribution in [0.15, 0.2) is 28.5 Å². The molecule has 0 bridgehead atoms. The predicted octanol–water partition coefficient (Wildman–Crippen LogP) is 2.52. The highest BCUT2D eigenvalue weighted by atomic mass is 32.2. The van der Waals surface area contributed by atoms with Crippen molar-refractivity contribution in [2.24, 2.45) is 0 Å². The molecule has 0 saturated carbocycles. The van der Waals surface area contributed by atoms with Crippen LogP contribution >= 0.6 is 22.7 Å². The monoisotopic (exact) mass is 331 g/mol. The third-order valence-corrected chi connectivity index (χ3v) is 6.59. The molecule has 1 atom stereocenters. The van der Waals surface area contributed by atoms with E-state index in [0.29, 0.717) is 16.2 Å². The molecule has 0 amide bonds. The molecule has 2 rings (SSSR count). The van der Waals surface area contributed by atoms with Crippen molar-refractivity contribution in [1.82, 2.24) is 4.72 Å². The molecule has 2 heterocycles. The lowest BCUT2D eigenvalue weighted by molar-refractivity contribution is 0.285. The lowest BCUT2D eigenvalue weighted by Crippen LogP contribution is -2.34. The van der Waals surface area contributed by atoms with Crippen molar-refractivity contribution in [3.63, 3.8) is 0 Å². The van der Waals surface area contributed by atoms with Gasteiger partial charge in [0, 0.05) is 20.7 Å². The van der Waals surface area contributed by atoms with Gasteiger partial charge in [0.25, 0.3) is 0 Å². The maximum absolute atomic E-state index is 12.3. The predicted molar refractivity (Wildman–Crippen MR) is 82.8 cm³/mol. The lowest BCUT2D eigenvalue weighted by Gasteiger charge is -2.13. The van der Waals surface area contributed by atoms with Crippen molar-refractivity contribution in [2.75, 3.05) is 0 Å². The van der Waals surface area contributed by atoms with Crippen LogP contribution in [0.3, 0.4) is 0 Å². The molecule has 0 aliphatic carbocycles. The Morgan fingerprint density at radius 2 is 2.15 bits per heavy atom. The largest absolute Gasteiger partial charge is 0.391 e. The first kappa shape index (κ1) is 15.7. The Morgan fingerprint density at radius 1 is 1.40 bits per heavy atom. The van der Waals surface area contributed by atoms with Gasteiger partial charge in [0.15, 0.2) is 0 Å². The van der Waals surface area contributed by atoms with Crippen LogP contribution < -0.4 is 4.72 Å². The summed E-state index contributed by atoms with van der Waals surface area (Å²) in [6, 6.07) is 5.32. The van der Waals surface area contributed by atoms with E-state index in [1.807, 2.05) is 24.4 Å². The maximum Gasteiger partial charge on any atom is 0.241 e. The van der Waals surface area contributed by atoms with Gasteiger partial charge >= 0.3 is 0 Å². The van der Waals surface area contributed by atoms with Gasteiger partial charge < -0.3 is 5.11 Å². The van der Waals surface area contributed by atoms with E-state index in [-0.39, 0.29) is 17.5 Å². The normalized spacial score (nSPS) is 13.6. The Labute approximate surface area is 127 Å². The summed E-state index contributed by atoms with van der Waals surface area (Å²) in [5.41, 5.74) is 0. The first-order valence-electron chi connectivity index (χ1n) is 6.17. The van der Waals surface area contributed by atoms with Gasteiger partial charge in [-0.05, 0) is 37.8 Å². The Bertz CT molecular complexity index is 659. The summed E-state index contributed by atoms with van der Waals surface area (Å²) < 4.78 is 27.4. The topological polar surface area (TPSA) is 66.4 Å². The minimum absolute atomic E-state index is 0.133. The molecular formula is C13H17NO3S3. The standard InChI is InChI=1S/C13H17NO3S3/c1-9(6-11-4-3-5-18-11)14-20(16,17)13-7-12(8-15)19-10(13)2/h3-5,7,9,14-15H,6,8H2,1-2H3. The number of hydrogen-bond donors (Lipinski definition) is 2. The molecule has 2 aromatic rings. The average molecular weight is 331 g/mol. The van der Waals surface area contributed by atoms with Gasteiger partial charge in [0.2, 0.25) is 10.0 Å². The van der Waals surface area contributed by atoms with Crippen LogP contribution in [-0.4, -0.2) is 19.6 Å². The van der Waals surface area contributed by atoms with E-state index >= 15 is 0 Å². The van der Waals surface area contributed by atoms with Crippen molar-refractivity contribution < 1.29 is 13.5 Å². The van der Waals surface area contributed by atoms with E-state index < -0.39 is 10.0 Å². The Morgan fingerprint density at radius 3 is 2.70 bits per heavy atom. The number of aryl methyl sites for hydroxylation is 1. The number of aliphatic hydroxyl groups excluding tert-OH is 1. The van der Waals surface area contributed by atoms with Crippen LogP contribution in [0.25, 0.3) is 0 Å². The molecular weight excluding hydrogens is 314 g/mol. The number of nitrogens with one attached hydrogen (secondary N) is 1.